The monoisotopic (exact) mass is 463 g/mol. The summed E-state index contributed by atoms with van der Waals surface area (Å²) < 4.78 is 1.83. The van der Waals surface area contributed by atoms with Gasteiger partial charge in [0.05, 0.1) is 18.3 Å². The van der Waals surface area contributed by atoms with Crippen LogP contribution in [0.1, 0.15) is 79.1 Å². The van der Waals surface area contributed by atoms with Crippen LogP contribution in [-0.2, 0) is 11.3 Å². The zero-order valence-corrected chi connectivity index (χ0v) is 21.3. The summed E-state index contributed by atoms with van der Waals surface area (Å²) in [7, 11) is 0. The van der Waals surface area contributed by atoms with E-state index in [2.05, 4.69) is 30.9 Å². The number of ketones is 1. The number of fused-ring (bicyclic) bond motifs is 6. The lowest BCUT2D eigenvalue weighted by molar-refractivity contribution is -0.166. The fourth-order valence-corrected chi connectivity index (χ4v) is 9.61. The summed E-state index contributed by atoms with van der Waals surface area (Å²) in [5, 5.41) is 16.5. The lowest BCUT2D eigenvalue weighted by Crippen LogP contribution is -2.58. The molecule has 2 aromatic heterocycles. The second-order valence-electron chi connectivity index (χ2n) is 13.3. The largest absolute Gasteiger partial charge is 0.390 e. The van der Waals surface area contributed by atoms with Crippen molar-refractivity contribution in [3.05, 3.63) is 24.7 Å². The molecule has 2 aromatic rings. The van der Waals surface area contributed by atoms with Crippen molar-refractivity contribution >= 4 is 16.7 Å². The van der Waals surface area contributed by atoms with Crippen LogP contribution in [0.5, 0.6) is 0 Å². The first-order valence-corrected chi connectivity index (χ1v) is 13.6. The maximum atomic E-state index is 13.7. The first kappa shape index (κ1) is 22.7. The molecule has 0 amide bonds. The van der Waals surface area contributed by atoms with Gasteiger partial charge in [0.2, 0.25) is 0 Å². The summed E-state index contributed by atoms with van der Waals surface area (Å²) in [6.45, 7) is 9.90. The van der Waals surface area contributed by atoms with Crippen LogP contribution >= 0.6 is 0 Å². The number of hydrogen-bond donors (Lipinski definition) is 1. The Hall–Kier alpha value is -1.75. The highest BCUT2D eigenvalue weighted by Crippen LogP contribution is 2.69. The molecular weight excluding hydrogens is 422 g/mol. The molecule has 4 saturated carbocycles. The highest BCUT2D eigenvalue weighted by atomic mass is 16.3. The molecule has 184 valence electrons. The van der Waals surface area contributed by atoms with Crippen LogP contribution in [0.15, 0.2) is 24.7 Å². The van der Waals surface area contributed by atoms with Gasteiger partial charge < -0.3 is 5.11 Å². The number of rotatable bonds is 3. The summed E-state index contributed by atoms with van der Waals surface area (Å²) in [6, 6.07) is 1.96. The third-order valence-electron chi connectivity index (χ3n) is 11.4. The molecule has 9 atom stereocenters. The van der Waals surface area contributed by atoms with Gasteiger partial charge in [0.25, 0.3) is 0 Å². The van der Waals surface area contributed by atoms with Crippen molar-refractivity contribution in [3.8, 4) is 0 Å². The SMILES string of the molecule is C[C@H]1C[C@H]2C[C@](C)(O)CC[C@]2(C)[C@H]2CC[C@]3(C)[C@@H](C(=O)Cn4cc5ccncc5n4)CC[C@H]3[C@H]12. The number of carbonyl (C=O) groups excluding carboxylic acids is 1. The number of aliphatic hydroxyl groups is 1. The van der Waals surface area contributed by atoms with Gasteiger partial charge in [-0.05, 0) is 105 Å². The van der Waals surface area contributed by atoms with Crippen molar-refractivity contribution in [2.75, 3.05) is 0 Å². The van der Waals surface area contributed by atoms with Crippen molar-refractivity contribution in [1.29, 1.82) is 0 Å². The second kappa shape index (κ2) is 7.62. The Balaban J connectivity index is 1.23. The van der Waals surface area contributed by atoms with Crippen molar-refractivity contribution in [2.45, 2.75) is 91.2 Å². The van der Waals surface area contributed by atoms with E-state index in [-0.39, 0.29) is 11.3 Å². The minimum absolute atomic E-state index is 0.115. The topological polar surface area (TPSA) is 68.0 Å². The smallest absolute Gasteiger partial charge is 0.157 e. The normalized spacial score (nSPS) is 46.0. The first-order valence-electron chi connectivity index (χ1n) is 13.6. The number of aromatic nitrogens is 3. The Morgan fingerprint density at radius 1 is 1.12 bits per heavy atom. The van der Waals surface area contributed by atoms with Gasteiger partial charge in [0.1, 0.15) is 5.52 Å². The van der Waals surface area contributed by atoms with Crippen LogP contribution in [0.3, 0.4) is 0 Å². The van der Waals surface area contributed by atoms with Gasteiger partial charge in [-0.15, -0.1) is 0 Å². The molecule has 1 N–H and O–H groups in total. The maximum Gasteiger partial charge on any atom is 0.157 e. The molecule has 4 aliphatic rings. The molecule has 0 spiro atoms. The van der Waals surface area contributed by atoms with Crippen LogP contribution in [0.2, 0.25) is 0 Å². The molecule has 34 heavy (non-hydrogen) atoms. The molecule has 6 rings (SSSR count). The van der Waals surface area contributed by atoms with Crippen molar-refractivity contribution in [2.24, 2.45) is 46.3 Å². The van der Waals surface area contributed by atoms with Gasteiger partial charge in [-0.3, -0.25) is 14.5 Å². The van der Waals surface area contributed by atoms with Crippen LogP contribution in [0.4, 0.5) is 0 Å². The predicted molar refractivity (Wildman–Crippen MR) is 133 cm³/mol. The highest BCUT2D eigenvalue weighted by molar-refractivity contribution is 5.83. The van der Waals surface area contributed by atoms with E-state index in [1.807, 2.05) is 23.9 Å². The molecule has 0 saturated heterocycles. The molecule has 5 nitrogen and oxygen atoms in total. The van der Waals surface area contributed by atoms with Gasteiger partial charge in [-0.1, -0.05) is 20.8 Å². The molecule has 4 aliphatic carbocycles. The minimum atomic E-state index is -0.488. The average Bonchev–Trinajstić information content (AvgIpc) is 3.34. The Kier molecular flexibility index (Phi) is 5.09. The van der Waals surface area contributed by atoms with Crippen LogP contribution in [0.25, 0.3) is 10.9 Å². The Bertz CT molecular complexity index is 1070. The van der Waals surface area contributed by atoms with Crippen molar-refractivity contribution in [1.82, 2.24) is 14.8 Å². The second-order valence-corrected chi connectivity index (χ2v) is 13.3. The van der Waals surface area contributed by atoms with Crippen LogP contribution < -0.4 is 0 Å². The first-order chi connectivity index (χ1) is 16.1. The van der Waals surface area contributed by atoms with E-state index < -0.39 is 5.60 Å². The molecule has 0 bridgehead atoms. The molecule has 5 heteroatoms. The van der Waals surface area contributed by atoms with Gasteiger partial charge in [-0.2, -0.15) is 5.10 Å². The lowest BCUT2D eigenvalue weighted by Gasteiger charge is -2.63. The summed E-state index contributed by atoms with van der Waals surface area (Å²) in [6.07, 6.45) is 14.5. The number of nitrogens with zero attached hydrogens (tertiary/aromatic N) is 3. The molecule has 0 unspecified atom stereocenters. The number of carbonyl (C=O) groups is 1. The van der Waals surface area contributed by atoms with Gasteiger partial charge in [0.15, 0.2) is 5.78 Å². The van der Waals surface area contributed by atoms with E-state index in [1.165, 1.54) is 25.7 Å². The van der Waals surface area contributed by atoms with E-state index >= 15 is 0 Å². The number of pyridine rings is 1. The van der Waals surface area contributed by atoms with Crippen LogP contribution in [-0.4, -0.2) is 31.3 Å². The fourth-order valence-electron chi connectivity index (χ4n) is 9.61. The molecule has 2 heterocycles. The molecule has 0 aromatic carbocycles. The molecule has 0 aliphatic heterocycles. The van der Waals surface area contributed by atoms with Crippen molar-refractivity contribution < 1.29 is 9.90 Å². The van der Waals surface area contributed by atoms with Crippen molar-refractivity contribution in [3.63, 3.8) is 0 Å². The predicted octanol–water partition coefficient (Wildman–Crippen LogP) is 5.66. The molecular formula is C29H41N3O2. The van der Waals surface area contributed by atoms with E-state index in [0.29, 0.717) is 35.5 Å². The van der Waals surface area contributed by atoms with Gasteiger partial charge >= 0.3 is 0 Å². The minimum Gasteiger partial charge on any atom is -0.390 e. The molecule has 4 fully saturated rings. The van der Waals surface area contributed by atoms with E-state index in [0.717, 1.165) is 48.4 Å². The fraction of sp³-hybridized carbons (Fsp3) is 0.759. The van der Waals surface area contributed by atoms with Gasteiger partial charge in [-0.25, -0.2) is 0 Å². The maximum absolute atomic E-state index is 13.7. The Morgan fingerprint density at radius 2 is 1.91 bits per heavy atom. The van der Waals surface area contributed by atoms with Crippen LogP contribution in [0, 0.1) is 46.3 Å². The summed E-state index contributed by atoms with van der Waals surface area (Å²) >= 11 is 0. The molecule has 0 radical (unpaired) electrons. The van der Waals surface area contributed by atoms with E-state index in [9.17, 15) is 9.90 Å². The summed E-state index contributed by atoms with van der Waals surface area (Å²) in [5.41, 5.74) is 0.838. The van der Waals surface area contributed by atoms with Gasteiger partial charge in [0, 0.05) is 23.7 Å². The highest BCUT2D eigenvalue weighted by Gasteiger charge is 2.63. The standard InChI is InChI=1S/C29H41N3O2/c1-18-13-20-14-27(2,34)10-11-28(20,3)23-7-9-29(4)21(5-6-22(29)26(18)23)25(33)17-32-16-19-8-12-30-15-24(19)31-32/h8,12,15-16,18,20-23,26,34H,5-7,9-11,13-14,17H2,1-4H3/t18-,20-,21+,22-,23-,26-,27+,28-,29+/m0/s1. The zero-order valence-electron chi connectivity index (χ0n) is 21.3. The van der Waals surface area contributed by atoms with E-state index in [4.69, 9.17) is 0 Å². The third-order valence-corrected chi connectivity index (χ3v) is 11.4. The summed E-state index contributed by atoms with van der Waals surface area (Å²) in [4.78, 5) is 17.8. The quantitative estimate of drug-likeness (QED) is 0.638. The average molecular weight is 464 g/mol. The lowest BCUT2D eigenvalue weighted by atomic mass is 9.42. The number of hydrogen-bond acceptors (Lipinski definition) is 4. The Labute approximate surface area is 203 Å². The summed E-state index contributed by atoms with van der Waals surface area (Å²) in [5.74, 6) is 3.95. The van der Waals surface area contributed by atoms with E-state index in [1.54, 1.807) is 12.4 Å². The zero-order chi connectivity index (χ0) is 23.9. The number of Topliss-reactive ketones (excluding diaryl/α,β-unsaturated/α-hetero) is 1. The third kappa shape index (κ3) is 3.32. The Morgan fingerprint density at radius 3 is 2.71 bits per heavy atom.